The van der Waals surface area contributed by atoms with E-state index in [1.54, 1.807) is 24.4 Å². The van der Waals surface area contributed by atoms with Gasteiger partial charge in [0, 0.05) is 10.2 Å². The number of halogens is 1. The number of carbonyl (C=O) groups is 1. The second-order valence-electron chi connectivity index (χ2n) is 3.44. The molecule has 1 amide bonds. The molecule has 0 aliphatic rings. The van der Waals surface area contributed by atoms with Gasteiger partial charge in [0.25, 0.3) is 5.91 Å². The summed E-state index contributed by atoms with van der Waals surface area (Å²) in [5.74, 6) is -0.179. The Labute approximate surface area is 111 Å². The maximum atomic E-state index is 11.9. The molecule has 6 heteroatoms. The molecule has 0 fully saturated rings. The summed E-state index contributed by atoms with van der Waals surface area (Å²) in [4.78, 5) is 16.5. The van der Waals surface area contributed by atoms with Crippen molar-refractivity contribution >= 4 is 44.5 Å². The molecule has 1 heterocycles. The molecular formula is C11H10BrN3OS. The first-order valence-corrected chi connectivity index (χ1v) is 6.46. The minimum Gasteiger partial charge on any atom is -0.399 e. The van der Waals surface area contributed by atoms with Gasteiger partial charge in [-0.2, -0.15) is 0 Å². The summed E-state index contributed by atoms with van der Waals surface area (Å²) in [5.41, 5.74) is 6.92. The van der Waals surface area contributed by atoms with Crippen molar-refractivity contribution in [3.63, 3.8) is 0 Å². The number of nitrogens with one attached hydrogen (secondary N) is 1. The van der Waals surface area contributed by atoms with Crippen LogP contribution < -0.4 is 11.1 Å². The molecular weight excluding hydrogens is 302 g/mol. The number of carbonyl (C=O) groups excluding carboxylic acids is 1. The van der Waals surface area contributed by atoms with Crippen LogP contribution in [0.2, 0.25) is 0 Å². The average Bonchev–Trinajstić information content (AvgIpc) is 2.70. The van der Waals surface area contributed by atoms with Crippen LogP contribution in [0.15, 0.2) is 28.9 Å². The Bertz CT molecular complexity index is 568. The topological polar surface area (TPSA) is 68.0 Å². The summed E-state index contributed by atoms with van der Waals surface area (Å²) in [7, 11) is 0. The largest absolute Gasteiger partial charge is 0.399 e. The Balaban J connectivity index is 2.21. The van der Waals surface area contributed by atoms with Crippen LogP contribution in [0.3, 0.4) is 0 Å². The second-order valence-corrected chi connectivity index (χ2v) is 5.53. The summed E-state index contributed by atoms with van der Waals surface area (Å²) >= 11 is 4.71. The van der Waals surface area contributed by atoms with E-state index in [1.165, 1.54) is 11.3 Å². The number of benzene rings is 1. The lowest BCUT2D eigenvalue weighted by atomic mass is 10.3. The Morgan fingerprint density at radius 2 is 2.29 bits per heavy atom. The number of aryl methyl sites for hydroxylation is 1. The Hall–Kier alpha value is -1.40. The quantitative estimate of drug-likeness (QED) is 0.838. The van der Waals surface area contributed by atoms with Crippen molar-refractivity contribution in [2.75, 3.05) is 11.1 Å². The number of aromatic nitrogens is 1. The predicted octanol–water partition coefficient (Wildman–Crippen LogP) is 3.05. The molecule has 88 valence electrons. The normalized spacial score (nSPS) is 10.2. The zero-order valence-corrected chi connectivity index (χ0v) is 11.4. The number of rotatable bonds is 2. The second kappa shape index (κ2) is 4.85. The summed E-state index contributed by atoms with van der Waals surface area (Å²) in [6.07, 6.45) is 1.57. The van der Waals surface area contributed by atoms with Crippen LogP contribution in [0.4, 0.5) is 11.4 Å². The van der Waals surface area contributed by atoms with Crippen molar-refractivity contribution in [1.29, 1.82) is 0 Å². The van der Waals surface area contributed by atoms with Crippen LogP contribution in [0.25, 0.3) is 0 Å². The van der Waals surface area contributed by atoms with Gasteiger partial charge in [0.05, 0.1) is 16.9 Å². The number of hydrogen-bond acceptors (Lipinski definition) is 4. The van der Waals surface area contributed by atoms with E-state index in [4.69, 9.17) is 5.73 Å². The molecule has 2 aromatic rings. The maximum absolute atomic E-state index is 11.9. The van der Waals surface area contributed by atoms with E-state index in [9.17, 15) is 4.79 Å². The van der Waals surface area contributed by atoms with Crippen LogP contribution in [-0.4, -0.2) is 10.9 Å². The van der Waals surface area contributed by atoms with Crippen molar-refractivity contribution in [2.24, 2.45) is 0 Å². The maximum Gasteiger partial charge on any atom is 0.267 e. The molecule has 0 saturated heterocycles. The number of nitrogen functional groups attached to an aromatic ring is 1. The fourth-order valence-corrected chi connectivity index (χ4v) is 2.31. The molecule has 0 bridgehead atoms. The lowest BCUT2D eigenvalue weighted by molar-refractivity contribution is 0.103. The van der Waals surface area contributed by atoms with Crippen molar-refractivity contribution in [3.8, 4) is 0 Å². The third kappa shape index (κ3) is 2.83. The smallest absolute Gasteiger partial charge is 0.267 e. The first-order valence-electron chi connectivity index (χ1n) is 4.85. The predicted molar refractivity (Wildman–Crippen MR) is 73.4 cm³/mol. The third-order valence-electron chi connectivity index (χ3n) is 2.08. The van der Waals surface area contributed by atoms with Crippen LogP contribution in [0.5, 0.6) is 0 Å². The zero-order valence-electron chi connectivity index (χ0n) is 9.03. The van der Waals surface area contributed by atoms with Crippen LogP contribution in [0, 0.1) is 6.92 Å². The number of thiazole rings is 1. The van der Waals surface area contributed by atoms with Crippen molar-refractivity contribution in [1.82, 2.24) is 4.98 Å². The van der Waals surface area contributed by atoms with Gasteiger partial charge < -0.3 is 11.1 Å². The van der Waals surface area contributed by atoms with Gasteiger partial charge in [-0.05, 0) is 41.1 Å². The number of anilines is 2. The lowest BCUT2D eigenvalue weighted by Crippen LogP contribution is -2.10. The molecule has 3 N–H and O–H groups in total. The average molecular weight is 312 g/mol. The molecule has 0 spiro atoms. The molecule has 17 heavy (non-hydrogen) atoms. The van der Waals surface area contributed by atoms with Gasteiger partial charge in [0.2, 0.25) is 0 Å². The molecule has 0 unspecified atom stereocenters. The van der Waals surface area contributed by atoms with Gasteiger partial charge in [-0.25, -0.2) is 4.98 Å². The summed E-state index contributed by atoms with van der Waals surface area (Å²) in [6.45, 7) is 1.86. The standard InChI is InChI=1S/C11H10BrN3OS/c1-6-14-5-10(17-6)11(16)15-9-4-7(13)2-3-8(9)12/h2-5H,13H2,1H3,(H,15,16). The number of hydrogen-bond donors (Lipinski definition) is 2. The number of nitrogens with two attached hydrogens (primary N) is 1. The number of amides is 1. The van der Waals surface area contributed by atoms with Gasteiger partial charge >= 0.3 is 0 Å². The van der Waals surface area contributed by atoms with Crippen LogP contribution in [-0.2, 0) is 0 Å². The molecule has 0 radical (unpaired) electrons. The molecule has 1 aromatic carbocycles. The highest BCUT2D eigenvalue weighted by Crippen LogP contribution is 2.25. The van der Waals surface area contributed by atoms with E-state index in [1.807, 2.05) is 6.92 Å². The highest BCUT2D eigenvalue weighted by molar-refractivity contribution is 9.10. The number of nitrogens with zero attached hydrogens (tertiary/aromatic N) is 1. The van der Waals surface area contributed by atoms with Crippen molar-refractivity contribution in [2.45, 2.75) is 6.92 Å². The van der Waals surface area contributed by atoms with Crippen LogP contribution >= 0.6 is 27.3 Å². The minimum atomic E-state index is -0.179. The third-order valence-corrected chi connectivity index (χ3v) is 3.69. The summed E-state index contributed by atoms with van der Waals surface area (Å²) < 4.78 is 0.793. The first kappa shape index (κ1) is 12.1. The summed E-state index contributed by atoms with van der Waals surface area (Å²) in [5, 5.41) is 3.65. The van der Waals surface area contributed by atoms with E-state index in [0.717, 1.165) is 9.48 Å². The fourth-order valence-electron chi connectivity index (χ4n) is 1.29. The van der Waals surface area contributed by atoms with E-state index >= 15 is 0 Å². The monoisotopic (exact) mass is 311 g/mol. The van der Waals surface area contributed by atoms with Gasteiger partial charge in [0.1, 0.15) is 4.88 Å². The van der Waals surface area contributed by atoms with E-state index < -0.39 is 0 Å². The van der Waals surface area contributed by atoms with E-state index in [0.29, 0.717) is 16.3 Å². The molecule has 0 aliphatic carbocycles. The van der Waals surface area contributed by atoms with Gasteiger partial charge in [0.15, 0.2) is 0 Å². The van der Waals surface area contributed by atoms with E-state index in [-0.39, 0.29) is 5.91 Å². The van der Waals surface area contributed by atoms with Crippen molar-refractivity contribution in [3.05, 3.63) is 38.8 Å². The molecule has 4 nitrogen and oxygen atoms in total. The van der Waals surface area contributed by atoms with Crippen LogP contribution in [0.1, 0.15) is 14.7 Å². The first-order chi connectivity index (χ1) is 8.06. The van der Waals surface area contributed by atoms with Gasteiger partial charge in [-0.15, -0.1) is 11.3 Å². The Kier molecular flexibility index (Phi) is 3.44. The fraction of sp³-hybridized carbons (Fsp3) is 0.0909. The SMILES string of the molecule is Cc1ncc(C(=O)Nc2cc(N)ccc2Br)s1. The molecule has 0 saturated carbocycles. The van der Waals surface area contributed by atoms with Crippen molar-refractivity contribution < 1.29 is 4.79 Å². The lowest BCUT2D eigenvalue weighted by Gasteiger charge is -2.06. The Morgan fingerprint density at radius 1 is 1.53 bits per heavy atom. The van der Waals surface area contributed by atoms with Gasteiger partial charge in [-0.1, -0.05) is 0 Å². The van der Waals surface area contributed by atoms with Gasteiger partial charge in [-0.3, -0.25) is 4.79 Å². The minimum absolute atomic E-state index is 0.179. The molecule has 2 rings (SSSR count). The molecule has 1 aromatic heterocycles. The zero-order chi connectivity index (χ0) is 12.4. The molecule has 0 atom stereocenters. The Morgan fingerprint density at radius 3 is 2.94 bits per heavy atom. The summed E-state index contributed by atoms with van der Waals surface area (Å²) in [6, 6.07) is 5.26. The molecule has 0 aliphatic heterocycles. The highest BCUT2D eigenvalue weighted by Gasteiger charge is 2.11. The highest BCUT2D eigenvalue weighted by atomic mass is 79.9. The van der Waals surface area contributed by atoms with E-state index in [2.05, 4.69) is 26.2 Å².